The van der Waals surface area contributed by atoms with Gasteiger partial charge in [-0.15, -0.1) is 0 Å². The van der Waals surface area contributed by atoms with Crippen LogP contribution in [0.4, 0.5) is 0 Å². The molecular formula is C16H20INO4S. The lowest BCUT2D eigenvalue weighted by Gasteiger charge is -2.35. The third kappa shape index (κ3) is 3.41. The van der Waals surface area contributed by atoms with E-state index in [0.29, 0.717) is 17.9 Å². The summed E-state index contributed by atoms with van der Waals surface area (Å²) in [5, 5.41) is 0. The Hall–Kier alpha value is -0.670. The van der Waals surface area contributed by atoms with Crippen LogP contribution in [0, 0.1) is 6.92 Å². The number of esters is 1. The molecule has 23 heavy (non-hydrogen) atoms. The van der Waals surface area contributed by atoms with Gasteiger partial charge in [0.25, 0.3) is 0 Å². The molecule has 0 aromatic heterocycles. The molecule has 0 aliphatic carbocycles. The predicted molar refractivity (Wildman–Crippen MR) is 95.0 cm³/mol. The van der Waals surface area contributed by atoms with Gasteiger partial charge in [-0.05, 0) is 38.3 Å². The van der Waals surface area contributed by atoms with Gasteiger partial charge >= 0.3 is 5.97 Å². The van der Waals surface area contributed by atoms with E-state index in [2.05, 4.69) is 22.6 Å². The molecule has 7 heteroatoms. The van der Waals surface area contributed by atoms with Gasteiger partial charge in [-0.2, -0.15) is 4.31 Å². The summed E-state index contributed by atoms with van der Waals surface area (Å²) in [4.78, 5) is 12.0. The number of hydrogen-bond acceptors (Lipinski definition) is 4. The van der Waals surface area contributed by atoms with Gasteiger partial charge in [0.15, 0.2) is 0 Å². The molecule has 2 saturated heterocycles. The zero-order chi connectivity index (χ0) is 16.6. The first-order valence-corrected chi connectivity index (χ1v) is 10.5. The fraction of sp³-hybridized carbons (Fsp3) is 0.562. The number of alkyl halides is 1. The highest BCUT2D eigenvalue weighted by molar-refractivity contribution is 14.1. The number of rotatable bonds is 3. The molecular weight excluding hydrogens is 429 g/mol. The van der Waals surface area contributed by atoms with Gasteiger partial charge in [0.1, 0.15) is 6.10 Å². The summed E-state index contributed by atoms with van der Waals surface area (Å²) in [7, 11) is -3.56. The van der Waals surface area contributed by atoms with Crippen molar-refractivity contribution in [3.8, 4) is 0 Å². The van der Waals surface area contributed by atoms with E-state index in [1.54, 1.807) is 24.3 Å². The predicted octanol–water partition coefficient (Wildman–Crippen LogP) is 2.66. The van der Waals surface area contributed by atoms with E-state index in [0.717, 1.165) is 24.8 Å². The highest BCUT2D eigenvalue weighted by Gasteiger charge is 2.45. The Morgan fingerprint density at radius 1 is 1.22 bits per heavy atom. The summed E-state index contributed by atoms with van der Waals surface area (Å²) < 4.78 is 33.1. The van der Waals surface area contributed by atoms with Gasteiger partial charge in [-0.1, -0.05) is 40.3 Å². The van der Waals surface area contributed by atoms with Crippen molar-refractivity contribution in [3.05, 3.63) is 29.8 Å². The maximum absolute atomic E-state index is 13.0. The van der Waals surface area contributed by atoms with E-state index in [1.165, 1.54) is 4.31 Å². The number of hydrogen-bond donors (Lipinski definition) is 0. The van der Waals surface area contributed by atoms with Crippen LogP contribution in [0.25, 0.3) is 0 Å². The topological polar surface area (TPSA) is 63.7 Å². The summed E-state index contributed by atoms with van der Waals surface area (Å²) in [5.74, 6) is -0.220. The fourth-order valence-electron chi connectivity index (χ4n) is 3.26. The Morgan fingerprint density at radius 3 is 2.61 bits per heavy atom. The van der Waals surface area contributed by atoms with Crippen LogP contribution >= 0.6 is 22.6 Å². The smallest absolute Gasteiger partial charge is 0.306 e. The zero-order valence-corrected chi connectivity index (χ0v) is 15.9. The van der Waals surface area contributed by atoms with Crippen LogP contribution in [0.2, 0.25) is 0 Å². The van der Waals surface area contributed by atoms with Crippen LogP contribution in [-0.4, -0.2) is 41.3 Å². The number of sulfonamides is 1. The average molecular weight is 449 g/mol. The number of ether oxygens (including phenoxy) is 1. The van der Waals surface area contributed by atoms with Crippen molar-refractivity contribution < 1.29 is 17.9 Å². The van der Waals surface area contributed by atoms with Gasteiger partial charge < -0.3 is 4.74 Å². The first-order valence-electron chi connectivity index (χ1n) is 7.81. The van der Waals surface area contributed by atoms with Gasteiger partial charge in [0.2, 0.25) is 10.0 Å². The normalized spacial score (nSPS) is 29.5. The van der Waals surface area contributed by atoms with E-state index in [1.807, 2.05) is 6.92 Å². The number of halogens is 1. The van der Waals surface area contributed by atoms with Crippen molar-refractivity contribution in [2.45, 2.75) is 53.6 Å². The van der Waals surface area contributed by atoms with Crippen molar-refractivity contribution in [2.75, 3.05) is 6.54 Å². The molecule has 126 valence electrons. The molecule has 0 bridgehead atoms. The molecule has 3 atom stereocenters. The SMILES string of the molecule is Cc1ccc(S(=O)(=O)N2CCC[C@H]2[C@@H]2OC(=O)CC[C@@H]2I)cc1. The number of aryl methyl sites for hydroxylation is 1. The van der Waals surface area contributed by atoms with Crippen LogP contribution in [0.15, 0.2) is 29.2 Å². The number of nitrogens with zero attached hydrogens (tertiary/aromatic N) is 1. The molecule has 3 rings (SSSR count). The zero-order valence-electron chi connectivity index (χ0n) is 12.9. The average Bonchev–Trinajstić information content (AvgIpc) is 3.00. The molecule has 2 aliphatic rings. The van der Waals surface area contributed by atoms with Crippen LogP contribution in [0.3, 0.4) is 0 Å². The van der Waals surface area contributed by atoms with Crippen molar-refractivity contribution in [1.82, 2.24) is 4.31 Å². The molecule has 0 saturated carbocycles. The quantitative estimate of drug-likeness (QED) is 0.405. The van der Waals surface area contributed by atoms with E-state index in [9.17, 15) is 13.2 Å². The van der Waals surface area contributed by atoms with E-state index >= 15 is 0 Å². The van der Waals surface area contributed by atoms with Gasteiger partial charge in [0.05, 0.1) is 14.9 Å². The molecule has 2 aliphatic heterocycles. The Labute approximate surface area is 150 Å². The lowest BCUT2D eigenvalue weighted by atomic mass is 10.0. The Kier molecular flexibility index (Phi) is 4.98. The summed E-state index contributed by atoms with van der Waals surface area (Å²) in [5.41, 5.74) is 1.02. The summed E-state index contributed by atoms with van der Waals surface area (Å²) in [6, 6.07) is 6.65. The number of cyclic esters (lactones) is 1. The first kappa shape index (κ1) is 17.2. The van der Waals surface area contributed by atoms with Crippen LogP contribution in [0.1, 0.15) is 31.2 Å². The maximum Gasteiger partial charge on any atom is 0.306 e. The van der Waals surface area contributed by atoms with Gasteiger partial charge in [0, 0.05) is 13.0 Å². The van der Waals surface area contributed by atoms with Gasteiger partial charge in [-0.3, -0.25) is 4.79 Å². The molecule has 0 unspecified atom stereocenters. The first-order chi connectivity index (χ1) is 10.9. The largest absolute Gasteiger partial charge is 0.460 e. The number of carbonyl (C=O) groups is 1. The Bertz CT molecular complexity index is 689. The molecule has 0 spiro atoms. The van der Waals surface area contributed by atoms with E-state index in [4.69, 9.17) is 4.74 Å². The van der Waals surface area contributed by atoms with Crippen LogP contribution in [-0.2, 0) is 19.6 Å². The summed E-state index contributed by atoms with van der Waals surface area (Å²) >= 11 is 2.28. The second kappa shape index (κ2) is 6.68. The van der Waals surface area contributed by atoms with Gasteiger partial charge in [-0.25, -0.2) is 8.42 Å². The van der Waals surface area contributed by atoms with Crippen molar-refractivity contribution >= 4 is 38.6 Å². The lowest BCUT2D eigenvalue weighted by Crippen LogP contribution is -2.49. The molecule has 2 fully saturated rings. The Morgan fingerprint density at radius 2 is 1.91 bits per heavy atom. The van der Waals surface area contributed by atoms with E-state index in [-0.39, 0.29) is 22.0 Å². The molecule has 1 aromatic carbocycles. The monoisotopic (exact) mass is 449 g/mol. The highest BCUT2D eigenvalue weighted by Crippen LogP contribution is 2.35. The van der Waals surface area contributed by atoms with Crippen molar-refractivity contribution in [2.24, 2.45) is 0 Å². The fourth-order valence-corrected chi connectivity index (χ4v) is 5.90. The van der Waals surface area contributed by atoms with Crippen molar-refractivity contribution in [3.63, 3.8) is 0 Å². The highest BCUT2D eigenvalue weighted by atomic mass is 127. The maximum atomic E-state index is 13.0. The number of benzene rings is 1. The third-order valence-corrected chi connectivity index (χ3v) is 7.77. The standard InChI is InChI=1S/C16H20INO4S/c1-11-4-6-12(7-5-11)23(20,21)18-10-2-3-14(18)16-13(17)8-9-15(19)22-16/h4-7,13-14,16H,2-3,8-10H2,1H3/t13-,14-,16+/m0/s1. The second-order valence-electron chi connectivity index (χ2n) is 6.15. The molecule has 5 nitrogen and oxygen atoms in total. The molecule has 0 amide bonds. The van der Waals surface area contributed by atoms with E-state index < -0.39 is 10.0 Å². The second-order valence-corrected chi connectivity index (χ2v) is 9.64. The lowest BCUT2D eigenvalue weighted by molar-refractivity contribution is -0.155. The minimum absolute atomic E-state index is 0.157. The molecule has 2 heterocycles. The minimum Gasteiger partial charge on any atom is -0.460 e. The molecule has 0 N–H and O–H groups in total. The summed E-state index contributed by atoms with van der Waals surface area (Å²) in [6.45, 7) is 2.41. The minimum atomic E-state index is -3.56. The van der Waals surface area contributed by atoms with Crippen LogP contribution < -0.4 is 0 Å². The third-order valence-electron chi connectivity index (χ3n) is 4.50. The Balaban J connectivity index is 1.88. The molecule has 1 aromatic rings. The molecule has 0 radical (unpaired) electrons. The number of carbonyl (C=O) groups excluding carboxylic acids is 1. The van der Waals surface area contributed by atoms with Crippen molar-refractivity contribution in [1.29, 1.82) is 0 Å². The van der Waals surface area contributed by atoms with Crippen LogP contribution in [0.5, 0.6) is 0 Å². The summed E-state index contributed by atoms with van der Waals surface area (Å²) in [6.07, 6.45) is 2.36.